The third-order valence-corrected chi connectivity index (χ3v) is 3.66. The smallest absolute Gasteiger partial charge is 0.290 e. The van der Waals surface area contributed by atoms with Gasteiger partial charge in [-0.3, -0.25) is 4.79 Å². The Kier molecular flexibility index (Phi) is 12.8. The molecule has 2 nitrogen and oxygen atoms in total. The third kappa shape index (κ3) is 10.1. The van der Waals surface area contributed by atoms with Gasteiger partial charge in [0.25, 0.3) is 6.47 Å². The first kappa shape index (κ1) is 19.7. The molecule has 1 aromatic carbocycles. The summed E-state index contributed by atoms with van der Waals surface area (Å²) < 4.78 is 0. The minimum absolute atomic E-state index is 0.250. The largest absolute Gasteiger partial charge is 0.483 e. The van der Waals surface area contributed by atoms with Crippen LogP contribution in [0, 0.1) is 0 Å². The standard InChI is InChI=1S/C18H30.CH2O2/c1-4-7-9-11-17-13-16(6-3)14-18(15-17)12-10-8-5-2;2-1-3/h13-15H,4-12H2,1-3H3;1H,(H,2,3). The highest BCUT2D eigenvalue weighted by molar-refractivity contribution is 5.32. The van der Waals surface area contributed by atoms with Crippen molar-refractivity contribution in [3.8, 4) is 0 Å². The maximum atomic E-state index is 8.36. The Morgan fingerprint density at radius 2 is 1.19 bits per heavy atom. The Labute approximate surface area is 130 Å². The average molecular weight is 292 g/mol. The average Bonchev–Trinajstić information content (AvgIpc) is 2.48. The maximum absolute atomic E-state index is 8.36. The number of unbranched alkanes of at least 4 members (excludes halogenated alkanes) is 4. The van der Waals surface area contributed by atoms with Gasteiger partial charge in [0, 0.05) is 0 Å². The molecule has 1 N–H and O–H groups in total. The van der Waals surface area contributed by atoms with E-state index in [1.807, 2.05) is 0 Å². The highest BCUT2D eigenvalue weighted by Gasteiger charge is 2.01. The summed E-state index contributed by atoms with van der Waals surface area (Å²) in [5.41, 5.74) is 4.65. The van der Waals surface area contributed by atoms with Gasteiger partial charge in [-0.1, -0.05) is 64.7 Å². The van der Waals surface area contributed by atoms with Gasteiger partial charge >= 0.3 is 0 Å². The first-order valence-electron chi connectivity index (χ1n) is 8.41. The van der Waals surface area contributed by atoms with Crippen molar-refractivity contribution in [1.29, 1.82) is 0 Å². The molecule has 2 heteroatoms. The van der Waals surface area contributed by atoms with Crippen molar-refractivity contribution < 1.29 is 9.90 Å². The van der Waals surface area contributed by atoms with E-state index < -0.39 is 0 Å². The lowest BCUT2D eigenvalue weighted by Crippen LogP contribution is -1.94. The highest BCUT2D eigenvalue weighted by atomic mass is 16.3. The predicted octanol–water partition coefficient (Wildman–Crippen LogP) is 5.42. The molecule has 0 amide bonds. The quantitative estimate of drug-likeness (QED) is 0.487. The van der Waals surface area contributed by atoms with Crippen LogP contribution in [0.5, 0.6) is 0 Å². The zero-order valence-electron chi connectivity index (χ0n) is 14.0. The molecule has 0 aliphatic carbocycles. The second kappa shape index (κ2) is 13.7. The number of hydrogen-bond acceptors (Lipinski definition) is 1. The van der Waals surface area contributed by atoms with Crippen molar-refractivity contribution >= 4 is 6.47 Å². The summed E-state index contributed by atoms with van der Waals surface area (Å²) in [5.74, 6) is 0. The van der Waals surface area contributed by atoms with Gasteiger partial charge in [0.15, 0.2) is 0 Å². The summed E-state index contributed by atoms with van der Waals surface area (Å²) in [6, 6.07) is 7.28. The molecule has 1 aromatic rings. The number of carbonyl (C=O) groups is 1. The summed E-state index contributed by atoms with van der Waals surface area (Å²) in [4.78, 5) is 8.36. The van der Waals surface area contributed by atoms with Gasteiger partial charge in [0.1, 0.15) is 0 Å². The van der Waals surface area contributed by atoms with E-state index in [4.69, 9.17) is 9.90 Å². The van der Waals surface area contributed by atoms with Gasteiger partial charge < -0.3 is 5.11 Å². The van der Waals surface area contributed by atoms with Gasteiger partial charge in [0.05, 0.1) is 0 Å². The Bertz CT molecular complexity index is 344. The molecule has 0 aliphatic rings. The van der Waals surface area contributed by atoms with Crippen molar-refractivity contribution in [2.75, 3.05) is 0 Å². The van der Waals surface area contributed by atoms with Crippen LogP contribution in [0.25, 0.3) is 0 Å². The molecule has 0 bridgehead atoms. The van der Waals surface area contributed by atoms with Gasteiger partial charge in [-0.2, -0.15) is 0 Å². The molecule has 0 spiro atoms. The van der Waals surface area contributed by atoms with Crippen LogP contribution in [-0.2, 0) is 24.1 Å². The molecule has 21 heavy (non-hydrogen) atoms. The molecular weight excluding hydrogens is 260 g/mol. The fraction of sp³-hybridized carbons (Fsp3) is 0.632. The van der Waals surface area contributed by atoms with Crippen LogP contribution in [0.15, 0.2) is 18.2 Å². The molecule has 0 saturated carbocycles. The van der Waals surface area contributed by atoms with Crippen molar-refractivity contribution in [2.45, 2.75) is 78.6 Å². The van der Waals surface area contributed by atoms with Crippen molar-refractivity contribution in [2.24, 2.45) is 0 Å². The van der Waals surface area contributed by atoms with Crippen LogP contribution >= 0.6 is 0 Å². The van der Waals surface area contributed by atoms with Crippen LogP contribution in [-0.4, -0.2) is 11.6 Å². The molecule has 0 heterocycles. The van der Waals surface area contributed by atoms with E-state index in [1.54, 1.807) is 11.1 Å². The van der Waals surface area contributed by atoms with Gasteiger partial charge in [-0.25, -0.2) is 0 Å². The SMILES string of the molecule is CCCCCc1cc(CC)cc(CCCCC)c1.O=CO. The van der Waals surface area contributed by atoms with Crippen LogP contribution in [0.1, 0.15) is 76.0 Å². The van der Waals surface area contributed by atoms with Gasteiger partial charge in [-0.05, 0) is 48.8 Å². The molecule has 0 unspecified atom stereocenters. The number of rotatable bonds is 9. The van der Waals surface area contributed by atoms with Crippen LogP contribution in [0.2, 0.25) is 0 Å². The molecule has 0 fully saturated rings. The van der Waals surface area contributed by atoms with Crippen LogP contribution < -0.4 is 0 Å². The molecule has 0 radical (unpaired) electrons. The summed E-state index contributed by atoms with van der Waals surface area (Å²) in [6.45, 7) is 6.57. The minimum atomic E-state index is -0.250. The number of benzene rings is 1. The van der Waals surface area contributed by atoms with E-state index in [2.05, 4.69) is 39.0 Å². The second-order valence-corrected chi connectivity index (χ2v) is 5.53. The van der Waals surface area contributed by atoms with Gasteiger partial charge in [0.2, 0.25) is 0 Å². The molecule has 0 aromatic heterocycles. The monoisotopic (exact) mass is 292 g/mol. The first-order valence-corrected chi connectivity index (χ1v) is 8.41. The Balaban J connectivity index is 0.00000122. The Hall–Kier alpha value is -1.31. The lowest BCUT2D eigenvalue weighted by molar-refractivity contribution is -0.122. The summed E-state index contributed by atoms with van der Waals surface area (Å²) in [5, 5.41) is 6.89. The normalized spacial score (nSPS) is 9.86. The van der Waals surface area contributed by atoms with Crippen molar-refractivity contribution in [1.82, 2.24) is 0 Å². The van der Waals surface area contributed by atoms with E-state index in [-0.39, 0.29) is 6.47 Å². The zero-order chi connectivity index (χ0) is 15.9. The highest BCUT2D eigenvalue weighted by Crippen LogP contribution is 2.16. The molecule has 120 valence electrons. The Morgan fingerprint density at radius 3 is 1.52 bits per heavy atom. The molecule has 1 rings (SSSR count). The van der Waals surface area contributed by atoms with E-state index in [9.17, 15) is 0 Å². The maximum Gasteiger partial charge on any atom is 0.290 e. The van der Waals surface area contributed by atoms with Gasteiger partial charge in [-0.15, -0.1) is 0 Å². The zero-order valence-corrected chi connectivity index (χ0v) is 14.0. The van der Waals surface area contributed by atoms with E-state index in [1.165, 1.54) is 63.4 Å². The number of aryl methyl sites for hydroxylation is 3. The molecule has 0 aliphatic heterocycles. The summed E-state index contributed by atoms with van der Waals surface area (Å²) in [7, 11) is 0. The fourth-order valence-electron chi connectivity index (χ4n) is 2.49. The first-order chi connectivity index (χ1) is 10.2. The number of hydrogen-bond donors (Lipinski definition) is 1. The van der Waals surface area contributed by atoms with Crippen molar-refractivity contribution in [3.05, 3.63) is 34.9 Å². The van der Waals surface area contributed by atoms with E-state index in [0.29, 0.717) is 0 Å². The number of carboxylic acid groups (broad SMARTS) is 1. The van der Waals surface area contributed by atoms with E-state index in [0.717, 1.165) is 0 Å². The topological polar surface area (TPSA) is 37.3 Å². The molecular formula is C19H32O2. The minimum Gasteiger partial charge on any atom is -0.483 e. The molecule has 0 atom stereocenters. The van der Waals surface area contributed by atoms with Crippen molar-refractivity contribution in [3.63, 3.8) is 0 Å². The lowest BCUT2D eigenvalue weighted by atomic mass is 9.97. The lowest BCUT2D eigenvalue weighted by Gasteiger charge is -2.09. The molecule has 0 saturated heterocycles. The summed E-state index contributed by atoms with van der Waals surface area (Å²) in [6.07, 6.45) is 11.8. The Morgan fingerprint density at radius 1 is 0.810 bits per heavy atom. The van der Waals surface area contributed by atoms with E-state index >= 15 is 0 Å². The predicted molar refractivity (Wildman–Crippen MR) is 91.0 cm³/mol. The van der Waals surface area contributed by atoms with Crippen LogP contribution in [0.3, 0.4) is 0 Å². The third-order valence-electron chi connectivity index (χ3n) is 3.66. The van der Waals surface area contributed by atoms with Crippen LogP contribution in [0.4, 0.5) is 0 Å². The second-order valence-electron chi connectivity index (χ2n) is 5.53. The summed E-state index contributed by atoms with van der Waals surface area (Å²) >= 11 is 0. The fourth-order valence-corrected chi connectivity index (χ4v) is 2.49.